The van der Waals surface area contributed by atoms with Crippen LogP contribution in [0.2, 0.25) is 0 Å². The molecule has 6 heterocycles. The Morgan fingerprint density at radius 3 is 2.69 bits per heavy atom. The number of hydrogen-bond acceptors (Lipinski definition) is 6. The van der Waals surface area contributed by atoms with E-state index in [2.05, 4.69) is 54.0 Å². The van der Waals surface area contributed by atoms with Gasteiger partial charge in [0, 0.05) is 48.2 Å². The van der Waals surface area contributed by atoms with Crippen molar-refractivity contribution in [2.45, 2.75) is 44.3 Å². The third kappa shape index (κ3) is 3.55. The van der Waals surface area contributed by atoms with Gasteiger partial charge in [-0.2, -0.15) is 5.10 Å². The number of carbonyl (C=O) groups excluding carboxylic acids is 1. The number of H-pyrrole nitrogens is 2. The zero-order valence-corrected chi connectivity index (χ0v) is 19.0. The fourth-order valence-corrected chi connectivity index (χ4v) is 5.29. The normalized spacial score (nSPS) is 20.2. The number of fused-ring (bicyclic) bond motifs is 4. The van der Waals surface area contributed by atoms with Gasteiger partial charge in [0.05, 0.1) is 11.0 Å². The second kappa shape index (κ2) is 7.99. The van der Waals surface area contributed by atoms with Crippen molar-refractivity contribution < 1.29 is 4.79 Å². The number of hydrogen-bond donors (Lipinski definition) is 4. The van der Waals surface area contributed by atoms with Crippen LogP contribution in [0.4, 0.5) is 0 Å². The smallest absolute Gasteiger partial charge is 0.272 e. The molecule has 0 atom stereocenters. The fraction of sp³-hybridized carbons (Fsp3) is 0.269. The van der Waals surface area contributed by atoms with Crippen molar-refractivity contribution in [2.75, 3.05) is 0 Å². The molecule has 35 heavy (non-hydrogen) atoms. The number of imidazole rings is 1. The average molecular weight is 465 g/mol. The standard InChI is InChI=1S/C26H24N8O/c35-26-24-23-21(7-8-28-24)31-25(32-23)22-19-10-15(1-6-20(19)33-34-22)16-9-14(11-27-13-16)12-29-17-2-4-18(30-26)5-3-17/h1,6-11,13,17-18,29H,2-5,12H2,(H,30,35)(H,31,32)(H,33,34). The van der Waals surface area contributed by atoms with E-state index < -0.39 is 0 Å². The zero-order valence-electron chi connectivity index (χ0n) is 19.0. The molecule has 1 saturated carbocycles. The third-order valence-electron chi connectivity index (χ3n) is 7.19. The minimum absolute atomic E-state index is 0.135. The van der Waals surface area contributed by atoms with Crippen LogP contribution in [0.25, 0.3) is 44.6 Å². The molecule has 5 aromatic rings. The Kier molecular flexibility index (Phi) is 4.63. The fourth-order valence-electron chi connectivity index (χ4n) is 5.29. The van der Waals surface area contributed by atoms with Crippen LogP contribution < -0.4 is 10.6 Å². The van der Waals surface area contributed by atoms with Crippen LogP contribution in [0.1, 0.15) is 41.7 Å². The minimum Gasteiger partial charge on any atom is -0.348 e. The monoisotopic (exact) mass is 464 g/mol. The number of aromatic nitrogens is 6. The minimum atomic E-state index is -0.181. The summed E-state index contributed by atoms with van der Waals surface area (Å²) in [6.45, 7) is 0.766. The first-order valence-electron chi connectivity index (χ1n) is 12.0. The molecule has 9 nitrogen and oxygen atoms in total. The molecule has 4 aromatic heterocycles. The Morgan fingerprint density at radius 1 is 0.886 bits per heavy atom. The Bertz CT molecular complexity index is 1580. The van der Waals surface area contributed by atoms with Gasteiger partial charge in [-0.1, -0.05) is 6.07 Å². The number of benzene rings is 1. The topological polar surface area (TPSA) is 124 Å². The Labute approximate surface area is 200 Å². The van der Waals surface area contributed by atoms with Crippen molar-refractivity contribution in [3.8, 4) is 22.6 Å². The molecule has 1 aliphatic carbocycles. The van der Waals surface area contributed by atoms with Crippen LogP contribution in [-0.4, -0.2) is 48.1 Å². The van der Waals surface area contributed by atoms with Crippen molar-refractivity contribution >= 4 is 27.8 Å². The number of nitrogens with one attached hydrogen (secondary N) is 4. The maximum Gasteiger partial charge on any atom is 0.272 e. The average Bonchev–Trinajstić information content (AvgIpc) is 3.51. The van der Waals surface area contributed by atoms with Gasteiger partial charge in [0.2, 0.25) is 0 Å². The van der Waals surface area contributed by atoms with Crippen molar-refractivity contribution in [1.29, 1.82) is 0 Å². The van der Waals surface area contributed by atoms with Gasteiger partial charge in [0.15, 0.2) is 11.5 Å². The molecule has 9 heteroatoms. The van der Waals surface area contributed by atoms with E-state index in [1.165, 1.54) is 0 Å². The van der Waals surface area contributed by atoms with E-state index in [1.807, 2.05) is 24.5 Å². The summed E-state index contributed by atoms with van der Waals surface area (Å²) in [5.74, 6) is 0.416. The van der Waals surface area contributed by atoms with E-state index in [4.69, 9.17) is 4.98 Å². The maximum absolute atomic E-state index is 13.2. The van der Waals surface area contributed by atoms with Crippen LogP contribution in [-0.2, 0) is 6.54 Å². The molecule has 0 unspecified atom stereocenters. The molecule has 0 spiro atoms. The molecule has 0 saturated heterocycles. The van der Waals surface area contributed by atoms with E-state index in [0.717, 1.165) is 65.3 Å². The third-order valence-corrected chi connectivity index (χ3v) is 7.19. The lowest BCUT2D eigenvalue weighted by Gasteiger charge is -2.29. The largest absolute Gasteiger partial charge is 0.348 e. The molecule has 0 radical (unpaired) electrons. The quantitative estimate of drug-likeness (QED) is 0.277. The molecule has 174 valence electrons. The van der Waals surface area contributed by atoms with E-state index in [1.54, 1.807) is 6.20 Å². The van der Waals surface area contributed by atoms with Crippen LogP contribution in [0.3, 0.4) is 0 Å². The summed E-state index contributed by atoms with van der Waals surface area (Å²) in [5.41, 5.74) is 6.53. The predicted molar refractivity (Wildman–Crippen MR) is 133 cm³/mol. The number of carbonyl (C=O) groups is 1. The maximum atomic E-state index is 13.2. The van der Waals surface area contributed by atoms with Gasteiger partial charge >= 0.3 is 0 Å². The van der Waals surface area contributed by atoms with Gasteiger partial charge in [-0.05, 0) is 61.1 Å². The summed E-state index contributed by atoms with van der Waals surface area (Å²) in [4.78, 5) is 30.2. The molecule has 1 fully saturated rings. The summed E-state index contributed by atoms with van der Waals surface area (Å²) >= 11 is 0. The molecule has 1 amide bonds. The van der Waals surface area contributed by atoms with Crippen molar-refractivity contribution in [3.63, 3.8) is 0 Å². The molecule has 8 bridgehead atoms. The molecule has 1 aromatic carbocycles. The highest BCUT2D eigenvalue weighted by molar-refractivity contribution is 6.04. The second-order valence-electron chi connectivity index (χ2n) is 9.46. The van der Waals surface area contributed by atoms with Crippen molar-refractivity contribution in [1.82, 2.24) is 40.8 Å². The van der Waals surface area contributed by atoms with Crippen LogP contribution >= 0.6 is 0 Å². The first-order valence-corrected chi connectivity index (χ1v) is 12.0. The molecular formula is C26H24N8O. The van der Waals surface area contributed by atoms with Crippen molar-refractivity contribution in [2.24, 2.45) is 0 Å². The highest BCUT2D eigenvalue weighted by Gasteiger charge is 2.25. The molecule has 2 aliphatic heterocycles. The molecule has 8 rings (SSSR count). The summed E-state index contributed by atoms with van der Waals surface area (Å²) in [7, 11) is 0. The summed E-state index contributed by atoms with van der Waals surface area (Å²) in [5, 5.41) is 15.5. The van der Waals surface area contributed by atoms with Crippen LogP contribution in [0, 0.1) is 0 Å². The first kappa shape index (κ1) is 20.3. The van der Waals surface area contributed by atoms with E-state index >= 15 is 0 Å². The number of aromatic amines is 2. The zero-order chi connectivity index (χ0) is 23.4. The Hall–Kier alpha value is -4.11. The predicted octanol–water partition coefficient (Wildman–Crippen LogP) is 3.71. The van der Waals surface area contributed by atoms with Gasteiger partial charge in [0.1, 0.15) is 11.2 Å². The van der Waals surface area contributed by atoms with Crippen LogP contribution in [0.5, 0.6) is 0 Å². The summed E-state index contributed by atoms with van der Waals surface area (Å²) in [6, 6.07) is 10.8. The SMILES string of the molecule is O=C1NC2CCC(CC2)NCc2cncc(c2)-c2ccc3[nH]nc(c3c2)-c2nc3c1nccc3[nH]2. The van der Waals surface area contributed by atoms with Crippen LogP contribution in [0.15, 0.2) is 48.9 Å². The second-order valence-corrected chi connectivity index (χ2v) is 9.46. The number of rotatable bonds is 0. The van der Waals surface area contributed by atoms with Gasteiger partial charge in [-0.15, -0.1) is 0 Å². The lowest BCUT2D eigenvalue weighted by Crippen LogP contribution is -2.42. The summed E-state index contributed by atoms with van der Waals surface area (Å²) < 4.78 is 0. The number of pyridine rings is 2. The molecule has 3 aliphatic rings. The van der Waals surface area contributed by atoms with Gasteiger partial charge in [-0.25, -0.2) is 9.97 Å². The molecular weight excluding hydrogens is 440 g/mol. The van der Waals surface area contributed by atoms with E-state index in [9.17, 15) is 4.79 Å². The Morgan fingerprint density at radius 2 is 1.77 bits per heavy atom. The first-order chi connectivity index (χ1) is 17.2. The van der Waals surface area contributed by atoms with Crippen molar-refractivity contribution in [3.05, 3.63) is 60.2 Å². The highest BCUT2D eigenvalue weighted by Crippen LogP contribution is 2.31. The van der Waals surface area contributed by atoms with Gasteiger partial charge in [0.25, 0.3) is 5.91 Å². The summed E-state index contributed by atoms with van der Waals surface area (Å²) in [6.07, 6.45) is 9.35. The number of nitrogens with zero attached hydrogens (tertiary/aromatic N) is 4. The van der Waals surface area contributed by atoms with E-state index in [-0.39, 0.29) is 11.9 Å². The van der Waals surface area contributed by atoms with Gasteiger partial charge in [-0.3, -0.25) is 14.9 Å². The Balaban J connectivity index is 1.40. The van der Waals surface area contributed by atoms with Gasteiger partial charge < -0.3 is 15.6 Å². The lowest BCUT2D eigenvalue weighted by atomic mass is 9.91. The number of amides is 1. The highest BCUT2D eigenvalue weighted by atomic mass is 16.2. The van der Waals surface area contributed by atoms with E-state index in [0.29, 0.717) is 28.8 Å². The lowest BCUT2D eigenvalue weighted by molar-refractivity contribution is 0.0921. The molecule has 4 N–H and O–H groups in total.